The predicted molar refractivity (Wildman–Crippen MR) is 89.5 cm³/mol. The number of carbonyl (C=O) groups excluding carboxylic acids is 1. The molecule has 1 aromatic heterocycles. The van der Waals surface area contributed by atoms with Gasteiger partial charge in [0.25, 0.3) is 0 Å². The highest BCUT2D eigenvalue weighted by Crippen LogP contribution is 2.21. The first-order valence-electron chi connectivity index (χ1n) is 6.59. The smallest absolute Gasteiger partial charge is 0.182 e. The molecule has 0 N–H and O–H groups in total. The Morgan fingerprint density at radius 2 is 1.90 bits per heavy atom. The molecule has 0 saturated heterocycles. The van der Waals surface area contributed by atoms with Crippen LogP contribution < -0.4 is 0 Å². The molecule has 21 heavy (non-hydrogen) atoms. The number of hydrogen-bond donors (Lipinski definition) is 0. The van der Waals surface area contributed by atoms with Crippen molar-refractivity contribution in [2.75, 3.05) is 6.26 Å². The van der Waals surface area contributed by atoms with E-state index in [1.54, 1.807) is 11.8 Å². The second kappa shape index (κ2) is 5.96. The summed E-state index contributed by atoms with van der Waals surface area (Å²) in [4.78, 5) is 13.5. The first-order chi connectivity index (χ1) is 10.2. The first kappa shape index (κ1) is 14.2. The molecular weight excluding hydrogens is 302 g/mol. The van der Waals surface area contributed by atoms with E-state index in [0.29, 0.717) is 11.6 Å². The lowest BCUT2D eigenvalue weighted by Crippen LogP contribution is -2.09. The van der Waals surface area contributed by atoms with Crippen molar-refractivity contribution in [2.24, 2.45) is 0 Å². The van der Waals surface area contributed by atoms with Gasteiger partial charge in [-0.25, -0.2) is 0 Å². The van der Waals surface area contributed by atoms with Gasteiger partial charge in [0, 0.05) is 27.2 Å². The van der Waals surface area contributed by atoms with Crippen LogP contribution in [0.1, 0.15) is 10.4 Å². The monoisotopic (exact) mass is 315 g/mol. The Hall–Kier alpha value is -1.71. The molecule has 0 radical (unpaired) electrons. The van der Waals surface area contributed by atoms with E-state index in [0.717, 1.165) is 21.4 Å². The van der Waals surface area contributed by atoms with E-state index in [1.165, 1.54) is 0 Å². The summed E-state index contributed by atoms with van der Waals surface area (Å²) in [5, 5.41) is 1.77. The van der Waals surface area contributed by atoms with Gasteiger partial charge in [0.1, 0.15) is 0 Å². The fraction of sp³-hybridized carbons (Fsp3) is 0.118. The molecule has 0 aliphatic carbocycles. The summed E-state index contributed by atoms with van der Waals surface area (Å²) in [5.74, 6) is 0.0973. The molecule has 0 atom stereocenters. The lowest BCUT2D eigenvalue weighted by atomic mass is 10.1. The Labute approximate surface area is 132 Å². The molecule has 2 nitrogen and oxygen atoms in total. The number of nitrogens with zero attached hydrogens (tertiary/aromatic N) is 1. The maximum atomic E-state index is 12.4. The van der Waals surface area contributed by atoms with E-state index in [4.69, 9.17) is 11.6 Å². The van der Waals surface area contributed by atoms with Gasteiger partial charge < -0.3 is 4.57 Å². The van der Waals surface area contributed by atoms with Crippen molar-refractivity contribution in [3.05, 3.63) is 65.3 Å². The predicted octanol–water partition coefficient (Wildman–Crippen LogP) is 4.90. The van der Waals surface area contributed by atoms with Crippen LogP contribution in [0.4, 0.5) is 0 Å². The van der Waals surface area contributed by atoms with Gasteiger partial charge in [-0.2, -0.15) is 0 Å². The number of fused-ring (bicyclic) bond motifs is 1. The van der Waals surface area contributed by atoms with Gasteiger partial charge in [-0.05, 0) is 42.0 Å². The molecule has 3 aromatic rings. The van der Waals surface area contributed by atoms with Gasteiger partial charge in [0.15, 0.2) is 5.78 Å². The van der Waals surface area contributed by atoms with Crippen molar-refractivity contribution < 1.29 is 4.79 Å². The maximum Gasteiger partial charge on any atom is 0.182 e. The summed E-state index contributed by atoms with van der Waals surface area (Å²) < 4.78 is 1.94. The molecule has 0 saturated carbocycles. The van der Waals surface area contributed by atoms with Crippen LogP contribution in [0.15, 0.2) is 59.6 Å². The Bertz CT molecular complexity index is 792. The second-order valence-corrected chi connectivity index (χ2v) is 6.11. The van der Waals surface area contributed by atoms with Gasteiger partial charge in [-0.3, -0.25) is 4.79 Å². The lowest BCUT2D eigenvalue weighted by Gasteiger charge is -2.06. The van der Waals surface area contributed by atoms with Gasteiger partial charge in [0.05, 0.1) is 6.54 Å². The number of aromatic nitrogens is 1. The van der Waals surface area contributed by atoms with Crippen molar-refractivity contribution >= 4 is 40.0 Å². The van der Waals surface area contributed by atoms with Crippen molar-refractivity contribution in [1.29, 1.82) is 0 Å². The van der Waals surface area contributed by atoms with Gasteiger partial charge in [0.2, 0.25) is 0 Å². The summed E-state index contributed by atoms with van der Waals surface area (Å²) in [6.45, 7) is 0.322. The van der Waals surface area contributed by atoms with Gasteiger partial charge in [-0.1, -0.05) is 29.8 Å². The van der Waals surface area contributed by atoms with Gasteiger partial charge in [-0.15, -0.1) is 11.8 Å². The van der Waals surface area contributed by atoms with Crippen molar-refractivity contribution in [3.63, 3.8) is 0 Å². The van der Waals surface area contributed by atoms with Crippen molar-refractivity contribution in [1.82, 2.24) is 4.57 Å². The Morgan fingerprint density at radius 3 is 2.62 bits per heavy atom. The molecule has 4 heteroatoms. The largest absolute Gasteiger partial charge is 0.340 e. The molecule has 2 aromatic carbocycles. The molecule has 3 rings (SSSR count). The van der Waals surface area contributed by atoms with Crippen LogP contribution in [0, 0.1) is 0 Å². The van der Waals surface area contributed by atoms with E-state index in [2.05, 4.69) is 0 Å². The summed E-state index contributed by atoms with van der Waals surface area (Å²) in [5.41, 5.74) is 1.72. The van der Waals surface area contributed by atoms with Crippen LogP contribution in [-0.2, 0) is 6.54 Å². The molecule has 0 aliphatic heterocycles. The standard InChI is InChI=1S/C17H14ClNOS/c1-21-15-6-3-13(4-7-15)17(20)11-19-9-8-12-2-5-14(18)10-16(12)19/h2-10H,11H2,1H3. The average molecular weight is 316 g/mol. The molecular formula is C17H14ClNOS. The van der Waals surface area contributed by atoms with E-state index < -0.39 is 0 Å². The summed E-state index contributed by atoms with van der Waals surface area (Å²) in [6.07, 6.45) is 3.95. The third-order valence-corrected chi connectivity index (χ3v) is 4.44. The molecule has 0 spiro atoms. The van der Waals surface area contributed by atoms with E-state index in [9.17, 15) is 4.79 Å². The van der Waals surface area contributed by atoms with Crippen LogP contribution in [0.25, 0.3) is 10.9 Å². The summed E-state index contributed by atoms with van der Waals surface area (Å²) in [6, 6.07) is 15.4. The molecule has 106 valence electrons. The lowest BCUT2D eigenvalue weighted by molar-refractivity contribution is 0.0973. The van der Waals surface area contributed by atoms with Gasteiger partial charge >= 0.3 is 0 Å². The molecule has 1 heterocycles. The number of thioether (sulfide) groups is 1. The third kappa shape index (κ3) is 2.99. The molecule has 0 fully saturated rings. The van der Waals surface area contributed by atoms with Crippen LogP contribution in [0.5, 0.6) is 0 Å². The van der Waals surface area contributed by atoms with Crippen LogP contribution >= 0.6 is 23.4 Å². The number of Topliss-reactive ketones (excluding diaryl/α,β-unsaturated/α-hetero) is 1. The zero-order valence-electron chi connectivity index (χ0n) is 11.5. The maximum absolute atomic E-state index is 12.4. The quantitative estimate of drug-likeness (QED) is 0.504. The molecule has 0 unspecified atom stereocenters. The number of benzene rings is 2. The fourth-order valence-electron chi connectivity index (χ4n) is 2.32. The van der Waals surface area contributed by atoms with Crippen molar-refractivity contribution in [2.45, 2.75) is 11.4 Å². The number of ketones is 1. The Kier molecular flexibility index (Phi) is 4.04. The number of hydrogen-bond acceptors (Lipinski definition) is 2. The SMILES string of the molecule is CSc1ccc(C(=O)Cn2ccc3ccc(Cl)cc32)cc1. The van der Waals surface area contributed by atoms with E-state index in [-0.39, 0.29) is 5.78 Å². The highest BCUT2D eigenvalue weighted by atomic mass is 35.5. The first-order valence-corrected chi connectivity index (χ1v) is 8.19. The minimum absolute atomic E-state index is 0.0973. The van der Waals surface area contributed by atoms with Crippen LogP contribution in [-0.4, -0.2) is 16.6 Å². The molecule has 0 bridgehead atoms. The number of rotatable bonds is 4. The van der Waals surface area contributed by atoms with Crippen LogP contribution in [0.3, 0.4) is 0 Å². The number of halogens is 1. The Morgan fingerprint density at radius 1 is 1.14 bits per heavy atom. The minimum atomic E-state index is 0.0973. The minimum Gasteiger partial charge on any atom is -0.340 e. The van der Waals surface area contributed by atoms with E-state index in [1.807, 2.05) is 65.6 Å². The summed E-state index contributed by atoms with van der Waals surface area (Å²) in [7, 11) is 0. The normalized spacial score (nSPS) is 11.0. The average Bonchev–Trinajstić information content (AvgIpc) is 2.89. The van der Waals surface area contributed by atoms with Crippen molar-refractivity contribution in [3.8, 4) is 0 Å². The third-order valence-electron chi connectivity index (χ3n) is 3.46. The topological polar surface area (TPSA) is 22.0 Å². The van der Waals surface area contributed by atoms with Crippen LogP contribution in [0.2, 0.25) is 5.02 Å². The summed E-state index contributed by atoms with van der Waals surface area (Å²) >= 11 is 7.70. The fourth-order valence-corrected chi connectivity index (χ4v) is 2.89. The second-order valence-electron chi connectivity index (χ2n) is 4.80. The molecule has 0 amide bonds. The highest BCUT2D eigenvalue weighted by Gasteiger charge is 2.09. The zero-order valence-corrected chi connectivity index (χ0v) is 13.1. The zero-order chi connectivity index (χ0) is 14.8. The highest BCUT2D eigenvalue weighted by molar-refractivity contribution is 7.98. The Balaban J connectivity index is 1.87. The number of carbonyl (C=O) groups is 1. The van der Waals surface area contributed by atoms with E-state index >= 15 is 0 Å². The molecule has 0 aliphatic rings.